The number of carboxylic acid groups (broad SMARTS) is 1. The normalized spacial score (nSPS) is 15.6. The van der Waals surface area contributed by atoms with Gasteiger partial charge in [-0.1, -0.05) is 33.6 Å². The molecular weight excluding hydrogens is 703 g/mol. The Morgan fingerprint density at radius 2 is 1.49 bits per heavy atom. The van der Waals surface area contributed by atoms with Crippen molar-refractivity contribution in [2.45, 2.75) is 104 Å². The molecule has 0 bridgehead atoms. The molecule has 2 amide bonds. The molecule has 0 radical (unpaired) electrons. The highest BCUT2D eigenvalue weighted by molar-refractivity contribution is 8.00. The number of ketones is 1. The zero-order valence-electron chi connectivity index (χ0n) is 31.5. The summed E-state index contributed by atoms with van der Waals surface area (Å²) in [5, 5.41) is 16.4. The van der Waals surface area contributed by atoms with Crippen molar-refractivity contribution in [2.24, 2.45) is 23.2 Å². The minimum atomic E-state index is -1.29. The van der Waals surface area contributed by atoms with Crippen molar-refractivity contribution < 1.29 is 52.9 Å². The maximum Gasteiger partial charge on any atom is 0.322 e. The number of methoxy groups -OCH3 is 1. The van der Waals surface area contributed by atoms with Crippen LogP contribution in [0, 0.1) is 23.2 Å². The van der Waals surface area contributed by atoms with Crippen LogP contribution in [0.5, 0.6) is 0 Å². The second-order valence-electron chi connectivity index (χ2n) is 13.5. The summed E-state index contributed by atoms with van der Waals surface area (Å²) >= 11 is 2.39. The molecule has 0 aromatic heterocycles. The number of aliphatic carboxylic acids is 1. The van der Waals surface area contributed by atoms with Gasteiger partial charge in [0.25, 0.3) is 0 Å². The highest BCUT2D eigenvalue weighted by atomic mass is 32.2. The third-order valence-electron chi connectivity index (χ3n) is 8.75. The Kier molecular flexibility index (Phi) is 25.6. The summed E-state index contributed by atoms with van der Waals surface area (Å²) in [5.41, 5.74) is -1.29. The Morgan fingerprint density at radius 3 is 2.06 bits per heavy atom. The van der Waals surface area contributed by atoms with E-state index in [1.807, 2.05) is 20.9 Å². The van der Waals surface area contributed by atoms with E-state index in [4.69, 9.17) is 19.3 Å². The number of aldehydes is 1. The van der Waals surface area contributed by atoms with Crippen LogP contribution in [0.4, 0.5) is 0 Å². The molecule has 4 N–H and O–H groups in total. The summed E-state index contributed by atoms with van der Waals surface area (Å²) in [6.07, 6.45) is 3.30. The molecule has 0 aliphatic heterocycles. The lowest BCUT2D eigenvalue weighted by molar-refractivity contribution is -0.162. The average molecular weight is 764 g/mol. The third kappa shape index (κ3) is 20.2. The van der Waals surface area contributed by atoms with Gasteiger partial charge in [-0.2, -0.15) is 0 Å². The number of thioether (sulfide) groups is 2. The number of hydrogen-bond acceptors (Lipinski definition) is 13. The predicted octanol–water partition coefficient (Wildman–Crippen LogP) is 2.89. The minimum absolute atomic E-state index is 0.0348. The average Bonchev–Trinajstić information content (AvgIpc) is 3.08. The van der Waals surface area contributed by atoms with Gasteiger partial charge in [0.2, 0.25) is 12.3 Å². The van der Waals surface area contributed by atoms with Crippen molar-refractivity contribution >= 4 is 65.8 Å². The molecule has 7 atom stereocenters. The predicted molar refractivity (Wildman–Crippen MR) is 198 cm³/mol. The van der Waals surface area contributed by atoms with Crippen LogP contribution in [0.15, 0.2) is 0 Å². The van der Waals surface area contributed by atoms with Crippen LogP contribution in [-0.2, 0) is 47.8 Å². The van der Waals surface area contributed by atoms with E-state index in [9.17, 15) is 33.6 Å². The molecule has 0 aliphatic rings. The second kappa shape index (κ2) is 27.0. The van der Waals surface area contributed by atoms with E-state index in [2.05, 4.69) is 22.9 Å². The Labute approximate surface area is 311 Å². The molecule has 0 rings (SSSR count). The molecule has 0 aliphatic carbocycles. The van der Waals surface area contributed by atoms with Crippen LogP contribution in [-0.4, -0.2) is 122 Å². The maximum absolute atomic E-state index is 14.2. The molecule has 51 heavy (non-hydrogen) atoms. The fraction of sp³-hybridized carbons (Fsp3) is 0.800. The second-order valence-corrected chi connectivity index (χ2v) is 15.6. The lowest BCUT2D eigenvalue weighted by atomic mass is 9.72. The van der Waals surface area contributed by atoms with Crippen molar-refractivity contribution in [3.05, 3.63) is 0 Å². The Morgan fingerprint density at radius 1 is 0.882 bits per heavy atom. The fourth-order valence-corrected chi connectivity index (χ4v) is 7.17. The highest BCUT2D eigenvalue weighted by Gasteiger charge is 2.45. The number of carbonyl (C=O) groups excluding carboxylic acids is 6. The van der Waals surface area contributed by atoms with E-state index >= 15 is 0 Å². The van der Waals surface area contributed by atoms with Crippen molar-refractivity contribution in [2.75, 3.05) is 50.3 Å². The fourth-order valence-electron chi connectivity index (χ4n) is 5.46. The van der Waals surface area contributed by atoms with Gasteiger partial charge in [0, 0.05) is 37.7 Å². The van der Waals surface area contributed by atoms with Crippen molar-refractivity contribution in [1.82, 2.24) is 16.0 Å². The molecule has 294 valence electrons. The Balaban J connectivity index is 5.87. The van der Waals surface area contributed by atoms with Crippen molar-refractivity contribution in [3.8, 4) is 0 Å². The largest absolute Gasteiger partial charge is 0.480 e. The SMILES string of the molecule is CNC(C)CSCC(=O)OC(CC=O)C(C)(C)C(=O)C(C)[C@@H](OC(=O)CSCC(NC=O)C(=O)NCC(=O)O)C(C)CCCC(C)CCCOC. The molecule has 6 unspecified atom stereocenters. The van der Waals surface area contributed by atoms with E-state index in [0.717, 1.165) is 37.4 Å². The number of ether oxygens (including phenoxy) is 3. The van der Waals surface area contributed by atoms with E-state index in [0.29, 0.717) is 37.4 Å². The van der Waals surface area contributed by atoms with Crippen molar-refractivity contribution in [1.29, 1.82) is 0 Å². The quantitative estimate of drug-likeness (QED) is 0.0456. The lowest BCUT2D eigenvalue weighted by Gasteiger charge is -2.37. The van der Waals surface area contributed by atoms with Gasteiger partial charge in [0.15, 0.2) is 0 Å². The van der Waals surface area contributed by atoms with Crippen LogP contribution < -0.4 is 16.0 Å². The molecule has 0 saturated carbocycles. The number of rotatable bonds is 31. The number of hydrogen-bond donors (Lipinski definition) is 4. The molecule has 16 heteroatoms. The van der Waals surface area contributed by atoms with Crippen LogP contribution in [0.3, 0.4) is 0 Å². The first-order valence-corrected chi connectivity index (χ1v) is 19.7. The first kappa shape index (κ1) is 48.3. The third-order valence-corrected chi connectivity index (χ3v) is 10.9. The molecule has 0 saturated heterocycles. The zero-order valence-corrected chi connectivity index (χ0v) is 33.2. The van der Waals surface area contributed by atoms with Gasteiger partial charge < -0.3 is 40.1 Å². The molecule has 0 aromatic rings. The van der Waals surface area contributed by atoms with Gasteiger partial charge in [-0.25, -0.2) is 0 Å². The highest BCUT2D eigenvalue weighted by Crippen LogP contribution is 2.35. The van der Waals surface area contributed by atoms with Crippen molar-refractivity contribution in [3.63, 3.8) is 0 Å². The number of carboxylic acids is 1. The zero-order chi connectivity index (χ0) is 39.0. The monoisotopic (exact) mass is 763 g/mol. The molecule has 0 spiro atoms. The molecule has 0 aromatic carbocycles. The minimum Gasteiger partial charge on any atom is -0.480 e. The summed E-state index contributed by atoms with van der Waals surface area (Å²) in [6.45, 7) is 11.1. The van der Waals surface area contributed by atoms with Crippen LogP contribution in [0.2, 0.25) is 0 Å². The number of carbonyl (C=O) groups is 7. The lowest BCUT2D eigenvalue weighted by Crippen LogP contribution is -2.48. The molecule has 0 heterocycles. The molecule has 0 fully saturated rings. The standard InChI is InChI=1S/C35H61N3O11S2/c1-23(12-10-16-47-8)11-9-13-24(2)32(49-31(44)21-51-19-27(38-22-40)34(46)37-17-29(41)42)26(4)33(45)35(5,6)28(14-15-39)48-30(43)20-50-18-25(3)36-7/h15,22-28,32,36H,9-14,16-21H2,1-8H3,(H,37,46)(H,38,40)(H,41,42)/t23?,24?,25?,26?,27?,28?,32-/m0/s1. The van der Waals surface area contributed by atoms with Crippen LogP contribution in [0.1, 0.15) is 80.1 Å². The summed E-state index contributed by atoms with van der Waals surface area (Å²) < 4.78 is 16.8. The van der Waals surface area contributed by atoms with Gasteiger partial charge in [-0.15, -0.1) is 23.5 Å². The van der Waals surface area contributed by atoms with Gasteiger partial charge >= 0.3 is 17.9 Å². The number of amides is 2. The summed E-state index contributed by atoms with van der Waals surface area (Å²) in [4.78, 5) is 85.9. The summed E-state index contributed by atoms with van der Waals surface area (Å²) in [6, 6.07) is -0.895. The Hall–Kier alpha value is -2.69. The van der Waals surface area contributed by atoms with Gasteiger partial charge in [0.05, 0.1) is 22.8 Å². The van der Waals surface area contributed by atoms with Gasteiger partial charge in [-0.3, -0.25) is 28.8 Å². The number of Topliss-reactive ketones (excluding diaryl/α,β-unsaturated/α-hetero) is 1. The molecular formula is C35H61N3O11S2. The van der Waals surface area contributed by atoms with E-state index in [1.54, 1.807) is 27.9 Å². The van der Waals surface area contributed by atoms with Gasteiger partial charge in [-0.05, 0) is 58.9 Å². The van der Waals surface area contributed by atoms with E-state index in [1.165, 1.54) is 11.8 Å². The summed E-state index contributed by atoms with van der Waals surface area (Å²) in [7, 11) is 3.50. The molecule has 14 nitrogen and oxygen atoms in total. The van der Waals surface area contributed by atoms with Gasteiger partial charge in [0.1, 0.15) is 36.9 Å². The number of esters is 2. The number of nitrogens with one attached hydrogen (secondary N) is 3. The first-order valence-electron chi connectivity index (χ1n) is 17.4. The first-order chi connectivity index (χ1) is 24.0. The van der Waals surface area contributed by atoms with Crippen LogP contribution in [0.25, 0.3) is 0 Å². The van der Waals surface area contributed by atoms with Crippen LogP contribution >= 0.6 is 23.5 Å². The van der Waals surface area contributed by atoms with E-state index in [-0.39, 0.29) is 41.4 Å². The maximum atomic E-state index is 14.2. The summed E-state index contributed by atoms with van der Waals surface area (Å²) in [5.74, 6) is -3.57. The smallest absolute Gasteiger partial charge is 0.322 e. The Bertz CT molecular complexity index is 1100. The van der Waals surface area contributed by atoms with E-state index < -0.39 is 59.9 Å². The topological polar surface area (TPSA) is 203 Å².